The molecule has 5 aromatic rings. The van der Waals surface area contributed by atoms with E-state index in [0.717, 1.165) is 56.3 Å². The average Bonchev–Trinajstić information content (AvgIpc) is 3.56. The number of benzene rings is 2. The molecule has 6 nitrogen and oxygen atoms in total. The highest BCUT2D eigenvalue weighted by Gasteiger charge is 2.21. The Kier molecular flexibility index (Phi) is 4.62. The minimum absolute atomic E-state index is 0.132. The molecule has 0 spiro atoms. The molecule has 158 valence electrons. The fourth-order valence-electron chi connectivity index (χ4n) is 3.94. The number of aryl methyl sites for hydroxylation is 2. The van der Waals surface area contributed by atoms with Crippen molar-refractivity contribution in [1.29, 1.82) is 0 Å². The lowest BCUT2D eigenvalue weighted by atomic mass is 10.1. The van der Waals surface area contributed by atoms with Gasteiger partial charge in [-0.25, -0.2) is 9.97 Å². The van der Waals surface area contributed by atoms with Crippen LogP contribution in [-0.2, 0) is 6.54 Å². The third kappa shape index (κ3) is 3.23. The van der Waals surface area contributed by atoms with Gasteiger partial charge in [0, 0.05) is 41.5 Å². The van der Waals surface area contributed by atoms with Crippen molar-refractivity contribution in [3.8, 4) is 22.5 Å². The number of amides is 1. The number of thioether (sulfide) groups is 1. The predicted octanol–water partition coefficient (Wildman–Crippen LogP) is 5.59. The topological polar surface area (TPSA) is 64.2 Å². The largest absolute Gasteiger partial charge is 0.325 e. The van der Waals surface area contributed by atoms with Gasteiger partial charge in [0.2, 0.25) is 0 Å². The number of anilines is 1. The van der Waals surface area contributed by atoms with Gasteiger partial charge < -0.3 is 9.88 Å². The summed E-state index contributed by atoms with van der Waals surface area (Å²) in [7, 11) is 0. The molecular formula is C24H19N5OS2. The van der Waals surface area contributed by atoms with Crippen LogP contribution in [0.1, 0.15) is 15.4 Å². The van der Waals surface area contributed by atoms with Crippen LogP contribution in [0.2, 0.25) is 0 Å². The zero-order chi connectivity index (χ0) is 21.7. The van der Waals surface area contributed by atoms with Crippen LogP contribution in [0.3, 0.4) is 0 Å². The zero-order valence-electron chi connectivity index (χ0n) is 17.3. The summed E-state index contributed by atoms with van der Waals surface area (Å²) in [6, 6.07) is 17.9. The van der Waals surface area contributed by atoms with Gasteiger partial charge in [0.05, 0.1) is 17.1 Å². The van der Waals surface area contributed by atoms with Gasteiger partial charge >= 0.3 is 0 Å². The van der Waals surface area contributed by atoms with Crippen LogP contribution in [0.5, 0.6) is 0 Å². The number of nitrogens with one attached hydrogen (secondary N) is 1. The molecule has 1 amide bonds. The molecule has 1 aliphatic rings. The van der Waals surface area contributed by atoms with Crippen LogP contribution < -0.4 is 5.32 Å². The number of carbonyl (C=O) groups excluding carboxylic acids is 1. The third-order valence-electron chi connectivity index (χ3n) is 5.59. The van der Waals surface area contributed by atoms with Crippen molar-refractivity contribution in [1.82, 2.24) is 18.9 Å². The first-order valence-electron chi connectivity index (χ1n) is 10.3. The Balaban J connectivity index is 1.31. The van der Waals surface area contributed by atoms with Gasteiger partial charge in [-0.2, -0.15) is 0 Å². The fraction of sp³-hybridized carbons (Fsp3) is 0.125. The number of hydrogen-bond donors (Lipinski definition) is 1. The molecule has 8 heteroatoms. The van der Waals surface area contributed by atoms with Crippen molar-refractivity contribution in [2.45, 2.75) is 18.6 Å². The molecule has 0 saturated carbocycles. The summed E-state index contributed by atoms with van der Waals surface area (Å²) in [5.74, 6) is 0.930. The monoisotopic (exact) mass is 457 g/mol. The highest BCUT2D eigenvalue weighted by molar-refractivity contribution is 7.99. The second kappa shape index (κ2) is 7.65. The molecule has 3 aromatic heterocycles. The van der Waals surface area contributed by atoms with Crippen molar-refractivity contribution >= 4 is 39.7 Å². The second-order valence-electron chi connectivity index (χ2n) is 7.61. The van der Waals surface area contributed by atoms with Gasteiger partial charge in [-0.3, -0.25) is 9.20 Å². The number of rotatable bonds is 4. The Hall–Kier alpha value is -3.36. The summed E-state index contributed by atoms with van der Waals surface area (Å²) >= 11 is 3.17. The van der Waals surface area contributed by atoms with E-state index in [1.807, 2.05) is 72.1 Å². The number of hydrogen-bond acceptors (Lipinski definition) is 5. The number of aromatic nitrogens is 4. The summed E-state index contributed by atoms with van der Waals surface area (Å²) in [4.78, 5) is 24.2. The van der Waals surface area contributed by atoms with Crippen molar-refractivity contribution in [3.63, 3.8) is 0 Å². The van der Waals surface area contributed by atoms with Crippen LogP contribution >= 0.6 is 23.1 Å². The number of imidazole rings is 2. The smallest absolute Gasteiger partial charge is 0.267 e. The van der Waals surface area contributed by atoms with Crippen molar-refractivity contribution in [2.75, 3.05) is 11.1 Å². The SMILES string of the molecule is Cc1c(C(=O)Nc2ccccc2-c2cn3c(n2)SCC3)sc2nc(-c3ccccc3)cn12. The van der Waals surface area contributed by atoms with E-state index in [1.165, 1.54) is 11.3 Å². The zero-order valence-corrected chi connectivity index (χ0v) is 18.9. The molecule has 2 aromatic carbocycles. The van der Waals surface area contributed by atoms with Crippen molar-refractivity contribution < 1.29 is 4.79 Å². The average molecular weight is 458 g/mol. The highest BCUT2D eigenvalue weighted by Crippen LogP contribution is 2.33. The first-order valence-corrected chi connectivity index (χ1v) is 12.1. The molecule has 0 saturated heterocycles. The fourth-order valence-corrected chi connectivity index (χ4v) is 5.89. The molecule has 0 bridgehead atoms. The Morgan fingerprint density at radius 1 is 1.00 bits per heavy atom. The lowest BCUT2D eigenvalue weighted by molar-refractivity contribution is 0.102. The first kappa shape index (κ1) is 19.3. The summed E-state index contributed by atoms with van der Waals surface area (Å²) in [5.41, 5.74) is 5.42. The minimum atomic E-state index is -0.132. The van der Waals surface area contributed by atoms with E-state index in [1.54, 1.807) is 11.8 Å². The van der Waals surface area contributed by atoms with Gasteiger partial charge in [0.1, 0.15) is 4.88 Å². The Bertz CT molecular complexity index is 1440. The summed E-state index contributed by atoms with van der Waals surface area (Å²) in [6.45, 7) is 2.93. The van der Waals surface area contributed by atoms with E-state index in [4.69, 9.17) is 9.97 Å². The first-order chi connectivity index (χ1) is 15.7. The molecule has 1 aliphatic heterocycles. The van der Waals surface area contributed by atoms with Gasteiger partial charge in [-0.15, -0.1) is 0 Å². The Morgan fingerprint density at radius 3 is 2.62 bits per heavy atom. The van der Waals surface area contributed by atoms with Crippen LogP contribution in [-0.4, -0.2) is 30.6 Å². The molecule has 32 heavy (non-hydrogen) atoms. The summed E-state index contributed by atoms with van der Waals surface area (Å²) in [5, 5.41) is 4.14. The van der Waals surface area contributed by atoms with E-state index >= 15 is 0 Å². The Labute approximate surface area is 193 Å². The Morgan fingerprint density at radius 2 is 1.81 bits per heavy atom. The van der Waals surface area contributed by atoms with Crippen LogP contribution in [0.25, 0.3) is 27.5 Å². The molecule has 0 radical (unpaired) electrons. The summed E-state index contributed by atoms with van der Waals surface area (Å²) < 4.78 is 4.16. The maximum absolute atomic E-state index is 13.2. The lowest BCUT2D eigenvalue weighted by Crippen LogP contribution is -2.12. The van der Waals surface area contributed by atoms with E-state index < -0.39 is 0 Å². The van der Waals surface area contributed by atoms with Gasteiger partial charge in [0.15, 0.2) is 10.1 Å². The molecular weight excluding hydrogens is 438 g/mol. The third-order valence-corrected chi connectivity index (χ3v) is 7.71. The van der Waals surface area contributed by atoms with Gasteiger partial charge in [-0.05, 0) is 13.0 Å². The molecule has 4 heterocycles. The van der Waals surface area contributed by atoms with E-state index in [0.29, 0.717) is 4.88 Å². The molecule has 0 unspecified atom stereocenters. The standard InChI is InChI=1S/C24H19N5OS2/c1-15-21(32-24-26-19(14-29(15)24)16-7-3-2-4-8-16)22(30)25-18-10-6-5-9-17(18)20-13-28-11-12-31-23(28)27-20/h2-10,13-14H,11-12H2,1H3,(H,25,30). The number of carbonyl (C=O) groups is 1. The maximum atomic E-state index is 13.2. The van der Waals surface area contributed by atoms with E-state index in [2.05, 4.69) is 16.1 Å². The molecule has 0 atom stereocenters. The number of thiazole rings is 1. The predicted molar refractivity (Wildman–Crippen MR) is 130 cm³/mol. The van der Waals surface area contributed by atoms with E-state index in [9.17, 15) is 4.79 Å². The van der Waals surface area contributed by atoms with Gasteiger partial charge in [-0.1, -0.05) is 71.6 Å². The van der Waals surface area contributed by atoms with Crippen LogP contribution in [0.4, 0.5) is 5.69 Å². The molecule has 0 fully saturated rings. The number of nitrogens with zero attached hydrogens (tertiary/aromatic N) is 4. The lowest BCUT2D eigenvalue weighted by Gasteiger charge is -2.09. The highest BCUT2D eigenvalue weighted by atomic mass is 32.2. The molecule has 1 N–H and O–H groups in total. The quantitative estimate of drug-likeness (QED) is 0.382. The normalized spacial score (nSPS) is 12.9. The van der Waals surface area contributed by atoms with E-state index in [-0.39, 0.29) is 5.91 Å². The van der Waals surface area contributed by atoms with Crippen molar-refractivity contribution in [2.24, 2.45) is 0 Å². The second-order valence-corrected chi connectivity index (χ2v) is 9.65. The van der Waals surface area contributed by atoms with Crippen LogP contribution in [0.15, 0.2) is 72.1 Å². The minimum Gasteiger partial charge on any atom is -0.325 e. The van der Waals surface area contributed by atoms with Crippen molar-refractivity contribution in [3.05, 3.63) is 77.6 Å². The van der Waals surface area contributed by atoms with Gasteiger partial charge in [0.25, 0.3) is 5.91 Å². The summed E-state index contributed by atoms with van der Waals surface area (Å²) in [6.07, 6.45) is 4.06. The van der Waals surface area contributed by atoms with Crippen LogP contribution in [0, 0.1) is 6.92 Å². The number of fused-ring (bicyclic) bond motifs is 2. The number of para-hydroxylation sites is 1. The molecule has 0 aliphatic carbocycles. The molecule has 6 rings (SSSR count). The maximum Gasteiger partial charge on any atom is 0.267 e.